The topological polar surface area (TPSA) is 85.2 Å². The molecule has 0 aliphatic carbocycles. The molecular weight excluding hydrogens is 290 g/mol. The van der Waals surface area contributed by atoms with Gasteiger partial charge in [0.25, 0.3) is 5.91 Å². The normalized spacial score (nSPS) is 13.9. The number of aromatic hydroxyl groups is 1. The number of nitriles is 1. The van der Waals surface area contributed by atoms with Gasteiger partial charge in [0.2, 0.25) is 0 Å². The molecule has 2 aromatic rings. The van der Waals surface area contributed by atoms with E-state index >= 15 is 0 Å². The third-order valence-corrected chi connectivity index (χ3v) is 3.66. The fourth-order valence-electron chi connectivity index (χ4n) is 2.69. The van der Waals surface area contributed by atoms with Gasteiger partial charge in [0.1, 0.15) is 17.4 Å². The average molecular weight is 305 g/mol. The fourth-order valence-corrected chi connectivity index (χ4v) is 2.69. The van der Waals surface area contributed by atoms with Crippen LogP contribution in [0.25, 0.3) is 5.57 Å². The summed E-state index contributed by atoms with van der Waals surface area (Å²) in [4.78, 5) is 12.3. The molecular formula is C18H15N3O2. The molecule has 0 bridgehead atoms. The number of phenols is 1. The van der Waals surface area contributed by atoms with Crippen LogP contribution in [0.2, 0.25) is 0 Å². The minimum absolute atomic E-state index is 0.0627. The zero-order valence-electron chi connectivity index (χ0n) is 12.6. The molecule has 3 N–H and O–H groups in total. The van der Waals surface area contributed by atoms with Crippen molar-refractivity contribution in [2.24, 2.45) is 0 Å². The number of nitrogens with zero attached hydrogens (tertiary/aromatic N) is 1. The molecule has 5 heteroatoms. The van der Waals surface area contributed by atoms with E-state index in [9.17, 15) is 15.2 Å². The second-order valence-corrected chi connectivity index (χ2v) is 5.12. The molecule has 23 heavy (non-hydrogen) atoms. The number of amides is 1. The molecule has 1 aliphatic rings. The Balaban J connectivity index is 2.31. The monoisotopic (exact) mass is 305 g/mol. The molecule has 0 fully saturated rings. The number of nitrogens with one attached hydrogen (secondary N) is 2. The molecule has 2 aromatic carbocycles. The van der Waals surface area contributed by atoms with E-state index in [0.717, 1.165) is 11.3 Å². The number of anilines is 2. The first-order valence-electron chi connectivity index (χ1n) is 7.28. The number of carbonyl (C=O) groups is 1. The molecule has 0 unspecified atom stereocenters. The van der Waals surface area contributed by atoms with Gasteiger partial charge in [0, 0.05) is 35.0 Å². The Morgan fingerprint density at radius 3 is 2.70 bits per heavy atom. The van der Waals surface area contributed by atoms with Gasteiger partial charge >= 0.3 is 0 Å². The van der Waals surface area contributed by atoms with E-state index in [4.69, 9.17) is 0 Å². The highest BCUT2D eigenvalue weighted by Gasteiger charge is 2.26. The highest BCUT2D eigenvalue weighted by molar-refractivity contribution is 6.12. The summed E-state index contributed by atoms with van der Waals surface area (Å²) in [6.07, 6.45) is 0. The Morgan fingerprint density at radius 2 is 1.96 bits per heavy atom. The van der Waals surface area contributed by atoms with E-state index in [1.165, 1.54) is 0 Å². The Hall–Kier alpha value is -3.26. The Bertz CT molecular complexity index is 863. The molecule has 5 nitrogen and oxygen atoms in total. The van der Waals surface area contributed by atoms with Crippen molar-refractivity contribution in [1.29, 1.82) is 5.26 Å². The van der Waals surface area contributed by atoms with E-state index in [0.29, 0.717) is 23.4 Å². The number of benzene rings is 2. The zero-order valence-corrected chi connectivity index (χ0v) is 12.6. The minimum Gasteiger partial charge on any atom is -0.508 e. The number of carbonyl (C=O) groups excluding carboxylic acids is 1. The lowest BCUT2D eigenvalue weighted by Gasteiger charge is -2.25. The molecule has 1 heterocycles. The SMILES string of the molecule is CCNC(=O)/C(C#N)=C1/c2ccccc2Nc2cc(O)ccc21. The smallest absolute Gasteiger partial charge is 0.262 e. The highest BCUT2D eigenvalue weighted by Crippen LogP contribution is 2.43. The van der Waals surface area contributed by atoms with Gasteiger partial charge in [-0.1, -0.05) is 18.2 Å². The first-order chi connectivity index (χ1) is 11.2. The van der Waals surface area contributed by atoms with Crippen LogP contribution in [0, 0.1) is 11.3 Å². The van der Waals surface area contributed by atoms with Gasteiger partial charge in [-0.05, 0) is 25.1 Å². The van der Waals surface area contributed by atoms with Crippen molar-refractivity contribution in [3.8, 4) is 11.8 Å². The van der Waals surface area contributed by atoms with Crippen LogP contribution in [0.15, 0.2) is 48.0 Å². The van der Waals surface area contributed by atoms with Crippen LogP contribution >= 0.6 is 0 Å². The van der Waals surface area contributed by atoms with Crippen LogP contribution in [-0.4, -0.2) is 17.6 Å². The maximum absolute atomic E-state index is 12.3. The van der Waals surface area contributed by atoms with Gasteiger partial charge < -0.3 is 15.7 Å². The molecule has 1 amide bonds. The Morgan fingerprint density at radius 1 is 1.22 bits per heavy atom. The quantitative estimate of drug-likeness (QED) is 0.502. The summed E-state index contributed by atoms with van der Waals surface area (Å²) < 4.78 is 0. The summed E-state index contributed by atoms with van der Waals surface area (Å²) in [5.41, 5.74) is 3.58. The van der Waals surface area contributed by atoms with Gasteiger partial charge in [0.15, 0.2) is 0 Å². The first kappa shape index (κ1) is 14.7. The summed E-state index contributed by atoms with van der Waals surface area (Å²) in [5, 5.41) is 25.2. The first-order valence-corrected chi connectivity index (χ1v) is 7.28. The molecule has 1 aliphatic heterocycles. The van der Waals surface area contributed by atoms with E-state index < -0.39 is 5.91 Å². The zero-order chi connectivity index (χ0) is 16.4. The summed E-state index contributed by atoms with van der Waals surface area (Å²) >= 11 is 0. The average Bonchev–Trinajstić information content (AvgIpc) is 2.55. The second kappa shape index (κ2) is 5.85. The largest absolute Gasteiger partial charge is 0.508 e. The number of hydrogen-bond acceptors (Lipinski definition) is 4. The molecule has 0 radical (unpaired) electrons. The molecule has 0 saturated carbocycles. The molecule has 3 rings (SSSR count). The van der Waals surface area contributed by atoms with Gasteiger partial charge in [-0.2, -0.15) is 5.26 Å². The second-order valence-electron chi connectivity index (χ2n) is 5.12. The maximum Gasteiger partial charge on any atom is 0.262 e. The van der Waals surface area contributed by atoms with Crippen molar-refractivity contribution in [2.75, 3.05) is 11.9 Å². The van der Waals surface area contributed by atoms with Gasteiger partial charge in [-0.15, -0.1) is 0 Å². The van der Waals surface area contributed by atoms with Crippen molar-refractivity contribution in [3.05, 3.63) is 59.2 Å². The number of hydrogen-bond donors (Lipinski definition) is 3. The summed E-state index contributed by atoms with van der Waals surface area (Å²) in [6.45, 7) is 2.25. The predicted molar refractivity (Wildman–Crippen MR) is 88.2 cm³/mol. The lowest BCUT2D eigenvalue weighted by Crippen LogP contribution is -2.25. The van der Waals surface area contributed by atoms with Crippen LogP contribution in [0.4, 0.5) is 11.4 Å². The summed E-state index contributed by atoms with van der Waals surface area (Å²) in [6, 6.07) is 14.3. The van der Waals surface area contributed by atoms with E-state index in [1.807, 2.05) is 30.3 Å². The van der Waals surface area contributed by atoms with E-state index in [-0.39, 0.29) is 11.3 Å². The minimum atomic E-state index is -0.402. The molecule has 0 spiro atoms. The summed E-state index contributed by atoms with van der Waals surface area (Å²) in [5.74, 6) is -0.285. The van der Waals surface area contributed by atoms with Gasteiger partial charge in [-0.3, -0.25) is 4.79 Å². The maximum atomic E-state index is 12.3. The van der Waals surface area contributed by atoms with E-state index in [1.54, 1.807) is 25.1 Å². The van der Waals surface area contributed by atoms with Crippen LogP contribution in [0.1, 0.15) is 18.1 Å². The number of para-hydroxylation sites is 1. The highest BCUT2D eigenvalue weighted by atomic mass is 16.3. The van der Waals surface area contributed by atoms with Crippen LogP contribution in [0.3, 0.4) is 0 Å². The van der Waals surface area contributed by atoms with Crippen LogP contribution in [0.5, 0.6) is 5.75 Å². The van der Waals surface area contributed by atoms with Crippen molar-refractivity contribution in [3.63, 3.8) is 0 Å². The van der Waals surface area contributed by atoms with Crippen molar-refractivity contribution in [1.82, 2.24) is 5.32 Å². The standard InChI is InChI=1S/C18H15N3O2/c1-2-20-18(23)14(10-19)17-12-5-3-4-6-15(12)21-16-9-11(22)7-8-13(16)17/h3-9,21-22H,2H2,1H3,(H,20,23)/b17-14-. The molecule has 114 valence electrons. The van der Waals surface area contributed by atoms with Crippen molar-refractivity contribution < 1.29 is 9.90 Å². The number of fused-ring (bicyclic) bond motifs is 2. The Kier molecular flexibility index (Phi) is 3.73. The molecule has 0 aromatic heterocycles. The van der Waals surface area contributed by atoms with E-state index in [2.05, 4.69) is 10.6 Å². The van der Waals surface area contributed by atoms with Crippen molar-refractivity contribution >= 4 is 22.9 Å². The number of phenolic OH excluding ortho intramolecular Hbond substituents is 1. The van der Waals surface area contributed by atoms with Gasteiger partial charge in [0.05, 0.1) is 5.69 Å². The lowest BCUT2D eigenvalue weighted by molar-refractivity contribution is -0.116. The number of rotatable bonds is 2. The van der Waals surface area contributed by atoms with Gasteiger partial charge in [-0.25, -0.2) is 0 Å². The Labute approximate surface area is 133 Å². The summed E-state index contributed by atoms with van der Waals surface area (Å²) in [7, 11) is 0. The van der Waals surface area contributed by atoms with Crippen LogP contribution in [-0.2, 0) is 4.79 Å². The van der Waals surface area contributed by atoms with Crippen LogP contribution < -0.4 is 10.6 Å². The predicted octanol–water partition coefficient (Wildman–Crippen LogP) is 2.91. The third-order valence-electron chi connectivity index (χ3n) is 3.66. The van der Waals surface area contributed by atoms with Crippen molar-refractivity contribution in [2.45, 2.75) is 6.92 Å². The lowest BCUT2D eigenvalue weighted by atomic mass is 9.87. The number of likely N-dealkylation sites (N-methyl/N-ethyl adjacent to an activating group) is 1. The molecule has 0 saturated heterocycles. The third kappa shape index (κ3) is 2.51. The molecule has 0 atom stereocenters. The fraction of sp³-hybridized carbons (Fsp3) is 0.111.